The summed E-state index contributed by atoms with van der Waals surface area (Å²) in [4.78, 5) is 19.0. The molecule has 0 aliphatic rings. The first-order valence-electron chi connectivity index (χ1n) is 8.13. The molecule has 0 spiro atoms. The fourth-order valence-electron chi connectivity index (χ4n) is 3.09. The van der Waals surface area contributed by atoms with Crippen molar-refractivity contribution in [1.82, 2.24) is 9.97 Å². The third-order valence-electron chi connectivity index (χ3n) is 4.36. The van der Waals surface area contributed by atoms with Crippen LogP contribution in [-0.4, -0.2) is 29.3 Å². The minimum Gasteiger partial charge on any atom is -0.506 e. The number of hydrogen-bond acceptors (Lipinski definition) is 6. The maximum Gasteiger partial charge on any atom is 0.264 e. The fraction of sp³-hybridized carbons (Fsp3) is 0.158. The molecule has 0 amide bonds. The van der Waals surface area contributed by atoms with Crippen molar-refractivity contribution in [1.29, 1.82) is 0 Å². The summed E-state index contributed by atoms with van der Waals surface area (Å²) in [5, 5.41) is 10.2. The molecule has 0 bridgehead atoms. The van der Waals surface area contributed by atoms with E-state index in [4.69, 9.17) is 9.47 Å². The molecule has 0 aliphatic heterocycles. The Morgan fingerprint density at radius 2 is 1.89 bits per heavy atom. The molecule has 9 heteroatoms. The number of aromatic amines is 1. The second-order valence-corrected chi connectivity index (χ2v) is 6.97. The van der Waals surface area contributed by atoms with Gasteiger partial charge in [-0.05, 0) is 24.3 Å². The lowest BCUT2D eigenvalue weighted by atomic mass is 10.1. The number of H-pyrrole nitrogens is 1. The van der Waals surface area contributed by atoms with E-state index in [0.717, 1.165) is 17.4 Å². The standard InChI is InChI=1S/C19H14F2N2O4S/c1-26-12-4-3-8(5-13(12)27-2)10-6-9(18(20)21)15-16-17(28-19(15)22-10)11(24)7-14(25)23-16/h3-7,18H,1-2H3,(H2,23,24,25). The highest BCUT2D eigenvalue weighted by atomic mass is 32.1. The van der Waals surface area contributed by atoms with Crippen LogP contribution in [0.4, 0.5) is 8.78 Å². The summed E-state index contributed by atoms with van der Waals surface area (Å²) in [6, 6.07) is 7.29. The zero-order chi connectivity index (χ0) is 20.0. The SMILES string of the molecule is COc1ccc(-c2cc(C(F)F)c3c(n2)sc2c(O)cc(=O)[nH]c23)cc1OC. The van der Waals surface area contributed by atoms with Gasteiger partial charge in [0.05, 0.1) is 30.1 Å². The second kappa shape index (κ2) is 6.75. The Labute approximate surface area is 161 Å². The molecule has 4 aromatic rings. The van der Waals surface area contributed by atoms with Crippen molar-refractivity contribution in [2.24, 2.45) is 0 Å². The van der Waals surface area contributed by atoms with Gasteiger partial charge in [-0.3, -0.25) is 4.79 Å². The molecule has 0 aliphatic carbocycles. The Balaban J connectivity index is 2.03. The topological polar surface area (TPSA) is 84.4 Å². The van der Waals surface area contributed by atoms with Gasteiger partial charge in [0.1, 0.15) is 10.6 Å². The van der Waals surface area contributed by atoms with Gasteiger partial charge in [0.15, 0.2) is 11.5 Å². The number of hydrogen-bond donors (Lipinski definition) is 2. The van der Waals surface area contributed by atoms with Crippen LogP contribution in [0.2, 0.25) is 0 Å². The summed E-state index contributed by atoms with van der Waals surface area (Å²) in [7, 11) is 2.98. The second-order valence-electron chi connectivity index (χ2n) is 5.97. The molecule has 1 aromatic carbocycles. The smallest absolute Gasteiger partial charge is 0.264 e. The Morgan fingerprint density at radius 1 is 1.14 bits per heavy atom. The van der Waals surface area contributed by atoms with Gasteiger partial charge in [-0.1, -0.05) is 0 Å². The van der Waals surface area contributed by atoms with Crippen molar-refractivity contribution >= 4 is 31.8 Å². The Hall–Kier alpha value is -3.20. The normalized spacial score (nSPS) is 11.5. The molecule has 3 heterocycles. The van der Waals surface area contributed by atoms with Crippen LogP contribution >= 0.6 is 11.3 Å². The maximum atomic E-state index is 13.8. The molecular formula is C19H14F2N2O4S. The van der Waals surface area contributed by atoms with Gasteiger partial charge in [0, 0.05) is 22.6 Å². The third kappa shape index (κ3) is 2.84. The van der Waals surface area contributed by atoms with Crippen LogP contribution in [0.5, 0.6) is 17.2 Å². The highest BCUT2D eigenvalue weighted by Gasteiger charge is 2.22. The van der Waals surface area contributed by atoms with Gasteiger partial charge in [-0.15, -0.1) is 11.3 Å². The number of aromatic hydroxyl groups is 1. The minimum absolute atomic E-state index is 0.132. The number of alkyl halides is 2. The summed E-state index contributed by atoms with van der Waals surface area (Å²) in [5.74, 6) is 0.680. The zero-order valence-electron chi connectivity index (χ0n) is 14.7. The molecule has 0 unspecified atom stereocenters. The van der Waals surface area contributed by atoms with E-state index in [2.05, 4.69) is 9.97 Å². The predicted molar refractivity (Wildman–Crippen MR) is 103 cm³/mol. The van der Waals surface area contributed by atoms with E-state index < -0.39 is 12.0 Å². The van der Waals surface area contributed by atoms with Crippen LogP contribution in [0.3, 0.4) is 0 Å². The summed E-state index contributed by atoms with van der Waals surface area (Å²) in [6.07, 6.45) is -2.80. The summed E-state index contributed by atoms with van der Waals surface area (Å²) in [6.45, 7) is 0. The first kappa shape index (κ1) is 18.2. The predicted octanol–water partition coefficient (Wildman–Crippen LogP) is 4.47. The van der Waals surface area contributed by atoms with Crippen LogP contribution in [0.1, 0.15) is 12.0 Å². The first-order valence-corrected chi connectivity index (χ1v) is 8.94. The first-order chi connectivity index (χ1) is 13.4. The van der Waals surface area contributed by atoms with E-state index >= 15 is 0 Å². The van der Waals surface area contributed by atoms with Crippen LogP contribution < -0.4 is 15.0 Å². The van der Waals surface area contributed by atoms with Gasteiger partial charge in [-0.2, -0.15) is 0 Å². The van der Waals surface area contributed by atoms with Crippen molar-refractivity contribution in [3.8, 4) is 28.5 Å². The number of thiophene rings is 1. The lowest BCUT2D eigenvalue weighted by Gasteiger charge is -2.11. The van der Waals surface area contributed by atoms with E-state index in [-0.39, 0.29) is 27.0 Å². The quantitative estimate of drug-likeness (QED) is 0.524. The molecule has 28 heavy (non-hydrogen) atoms. The van der Waals surface area contributed by atoms with Gasteiger partial charge in [0.25, 0.3) is 12.0 Å². The molecule has 0 atom stereocenters. The summed E-state index contributed by atoms with van der Waals surface area (Å²) < 4.78 is 38.4. The van der Waals surface area contributed by atoms with Gasteiger partial charge >= 0.3 is 0 Å². The number of pyridine rings is 2. The molecule has 0 fully saturated rings. The average molecular weight is 404 g/mol. The number of ether oxygens (including phenoxy) is 2. The van der Waals surface area contributed by atoms with Gasteiger partial charge in [0.2, 0.25) is 0 Å². The van der Waals surface area contributed by atoms with Crippen LogP contribution in [0.25, 0.3) is 31.7 Å². The lowest BCUT2D eigenvalue weighted by molar-refractivity contribution is 0.153. The van der Waals surface area contributed by atoms with Crippen molar-refractivity contribution in [3.63, 3.8) is 0 Å². The van der Waals surface area contributed by atoms with Gasteiger partial charge < -0.3 is 19.6 Å². The summed E-state index contributed by atoms with van der Waals surface area (Å²) in [5.41, 5.74) is 0.191. The van der Waals surface area contributed by atoms with Crippen LogP contribution in [0.15, 0.2) is 35.1 Å². The Kier molecular flexibility index (Phi) is 4.38. The van der Waals surface area contributed by atoms with Crippen molar-refractivity contribution < 1.29 is 23.4 Å². The van der Waals surface area contributed by atoms with Crippen molar-refractivity contribution in [2.45, 2.75) is 6.43 Å². The highest BCUT2D eigenvalue weighted by molar-refractivity contribution is 7.25. The number of nitrogens with one attached hydrogen (secondary N) is 1. The number of fused-ring (bicyclic) bond motifs is 3. The largest absolute Gasteiger partial charge is 0.506 e. The number of halogens is 2. The van der Waals surface area contributed by atoms with E-state index in [1.807, 2.05) is 0 Å². The van der Waals surface area contributed by atoms with E-state index in [0.29, 0.717) is 27.5 Å². The van der Waals surface area contributed by atoms with E-state index in [1.165, 1.54) is 20.3 Å². The Bertz CT molecular complexity index is 1270. The van der Waals surface area contributed by atoms with Crippen LogP contribution in [-0.2, 0) is 0 Å². The third-order valence-corrected chi connectivity index (χ3v) is 5.46. The van der Waals surface area contributed by atoms with Crippen LogP contribution in [0, 0.1) is 0 Å². The number of methoxy groups -OCH3 is 2. The number of nitrogens with zero attached hydrogens (tertiary/aromatic N) is 1. The van der Waals surface area contributed by atoms with E-state index in [9.17, 15) is 18.7 Å². The minimum atomic E-state index is -2.80. The monoisotopic (exact) mass is 404 g/mol. The molecule has 144 valence electrons. The summed E-state index contributed by atoms with van der Waals surface area (Å²) >= 11 is 1.03. The highest BCUT2D eigenvalue weighted by Crippen LogP contribution is 2.42. The maximum absolute atomic E-state index is 13.8. The van der Waals surface area contributed by atoms with E-state index in [1.54, 1.807) is 18.2 Å². The number of aromatic nitrogens is 2. The fourth-order valence-corrected chi connectivity index (χ4v) is 4.17. The van der Waals surface area contributed by atoms with Crippen molar-refractivity contribution in [2.75, 3.05) is 14.2 Å². The zero-order valence-corrected chi connectivity index (χ0v) is 15.6. The molecule has 0 radical (unpaired) electrons. The molecule has 2 N–H and O–H groups in total. The van der Waals surface area contributed by atoms with Gasteiger partial charge in [-0.25, -0.2) is 13.8 Å². The molecule has 6 nitrogen and oxygen atoms in total. The Morgan fingerprint density at radius 3 is 2.57 bits per heavy atom. The number of benzene rings is 1. The molecule has 0 saturated carbocycles. The number of rotatable bonds is 4. The molecule has 4 rings (SSSR count). The lowest BCUT2D eigenvalue weighted by Crippen LogP contribution is -2.02. The average Bonchev–Trinajstić information content (AvgIpc) is 3.05. The molecular weight excluding hydrogens is 390 g/mol. The van der Waals surface area contributed by atoms with Crippen molar-refractivity contribution in [3.05, 3.63) is 46.2 Å². The molecule has 3 aromatic heterocycles. The molecule has 0 saturated heterocycles.